The van der Waals surface area contributed by atoms with E-state index in [1.54, 1.807) is 30.3 Å². The molecule has 0 radical (unpaired) electrons. The Morgan fingerprint density at radius 3 is 2.20 bits per heavy atom. The molecule has 0 saturated carbocycles. The summed E-state index contributed by atoms with van der Waals surface area (Å²) in [6.45, 7) is 0. The van der Waals surface area contributed by atoms with E-state index in [1.807, 2.05) is 66.7 Å². The third-order valence-corrected chi connectivity index (χ3v) is 5.01. The first-order valence-corrected chi connectivity index (χ1v) is 10.0. The first-order valence-electron chi connectivity index (χ1n) is 9.28. The molecule has 0 bridgehead atoms. The number of amides is 1. The van der Waals surface area contributed by atoms with Crippen molar-refractivity contribution in [1.82, 2.24) is 0 Å². The minimum absolute atomic E-state index is 0.198. The second kappa shape index (κ2) is 9.04. The summed E-state index contributed by atoms with van der Waals surface area (Å²) in [4.78, 5) is 12.5. The van der Waals surface area contributed by atoms with Crippen LogP contribution in [0.4, 0.5) is 5.69 Å². The number of carbonyl (C=O) groups is 1. The SMILES string of the molecule is O=C(Nc1ccc(C=Cc2ccccc2)cc1)c1ccc(-c2ccc(Cl)cc2Cl)o1. The predicted octanol–water partition coefficient (Wildman–Crippen LogP) is 7.68. The van der Waals surface area contributed by atoms with Crippen LogP contribution in [0, 0.1) is 0 Å². The van der Waals surface area contributed by atoms with E-state index in [1.165, 1.54) is 0 Å². The van der Waals surface area contributed by atoms with Crippen molar-refractivity contribution in [1.29, 1.82) is 0 Å². The van der Waals surface area contributed by atoms with Crippen LogP contribution in [-0.2, 0) is 0 Å². The lowest BCUT2D eigenvalue weighted by molar-refractivity contribution is 0.0997. The van der Waals surface area contributed by atoms with Gasteiger partial charge in [0.25, 0.3) is 5.91 Å². The summed E-state index contributed by atoms with van der Waals surface area (Å²) in [6.07, 6.45) is 4.06. The van der Waals surface area contributed by atoms with Gasteiger partial charge >= 0.3 is 0 Å². The van der Waals surface area contributed by atoms with Crippen LogP contribution in [0.1, 0.15) is 21.7 Å². The second-order valence-electron chi connectivity index (χ2n) is 6.61. The Bertz CT molecular complexity index is 1200. The van der Waals surface area contributed by atoms with E-state index in [9.17, 15) is 4.79 Å². The van der Waals surface area contributed by atoms with Gasteiger partial charge in [-0.15, -0.1) is 0 Å². The van der Waals surface area contributed by atoms with Gasteiger partial charge in [0, 0.05) is 16.3 Å². The van der Waals surface area contributed by atoms with Crippen molar-refractivity contribution in [2.45, 2.75) is 0 Å². The van der Waals surface area contributed by atoms with Crippen LogP contribution >= 0.6 is 23.2 Å². The van der Waals surface area contributed by atoms with Crippen LogP contribution in [-0.4, -0.2) is 5.91 Å². The van der Waals surface area contributed by atoms with Crippen molar-refractivity contribution in [2.24, 2.45) is 0 Å². The van der Waals surface area contributed by atoms with Crippen molar-refractivity contribution >= 4 is 46.9 Å². The van der Waals surface area contributed by atoms with Crippen LogP contribution < -0.4 is 5.32 Å². The van der Waals surface area contributed by atoms with E-state index in [-0.39, 0.29) is 11.7 Å². The lowest BCUT2D eigenvalue weighted by Crippen LogP contribution is -2.10. The van der Waals surface area contributed by atoms with E-state index in [4.69, 9.17) is 27.6 Å². The molecule has 4 rings (SSSR count). The molecule has 3 nitrogen and oxygen atoms in total. The molecule has 0 saturated heterocycles. The lowest BCUT2D eigenvalue weighted by Gasteiger charge is -2.04. The fourth-order valence-corrected chi connectivity index (χ4v) is 3.42. The standard InChI is InChI=1S/C25H17Cl2NO2/c26-19-10-13-21(22(27)16-19)23-14-15-24(30-23)25(29)28-20-11-8-18(9-12-20)7-6-17-4-2-1-3-5-17/h1-16H,(H,28,29). The summed E-state index contributed by atoms with van der Waals surface area (Å²) in [5.74, 6) is 0.367. The molecule has 0 aliphatic carbocycles. The van der Waals surface area contributed by atoms with E-state index in [2.05, 4.69) is 5.32 Å². The third-order valence-electron chi connectivity index (χ3n) is 4.46. The van der Waals surface area contributed by atoms with Crippen molar-refractivity contribution in [3.8, 4) is 11.3 Å². The zero-order valence-electron chi connectivity index (χ0n) is 15.8. The van der Waals surface area contributed by atoms with Crippen LogP contribution in [0.25, 0.3) is 23.5 Å². The first kappa shape index (κ1) is 20.0. The minimum Gasteiger partial charge on any atom is -0.451 e. The molecule has 0 unspecified atom stereocenters. The van der Waals surface area contributed by atoms with Gasteiger partial charge in [-0.1, -0.05) is 77.8 Å². The van der Waals surface area contributed by atoms with E-state index in [0.717, 1.165) is 11.1 Å². The molecule has 30 heavy (non-hydrogen) atoms. The number of hydrogen-bond acceptors (Lipinski definition) is 2. The molecule has 0 aliphatic heterocycles. The molecular formula is C25H17Cl2NO2. The van der Waals surface area contributed by atoms with Gasteiger partial charge in [0.1, 0.15) is 5.76 Å². The maximum absolute atomic E-state index is 12.5. The fourth-order valence-electron chi connectivity index (χ4n) is 2.92. The molecule has 0 fully saturated rings. The lowest BCUT2D eigenvalue weighted by atomic mass is 10.1. The van der Waals surface area contributed by atoms with Crippen LogP contribution in [0.15, 0.2) is 89.3 Å². The van der Waals surface area contributed by atoms with Crippen molar-refractivity contribution in [3.05, 3.63) is 112 Å². The number of halogens is 2. The Kier molecular flexibility index (Phi) is 6.03. The second-order valence-corrected chi connectivity index (χ2v) is 7.45. The van der Waals surface area contributed by atoms with Gasteiger partial charge in [-0.05, 0) is 53.6 Å². The maximum Gasteiger partial charge on any atom is 0.291 e. The average Bonchev–Trinajstić information content (AvgIpc) is 3.24. The van der Waals surface area contributed by atoms with Gasteiger partial charge in [-0.3, -0.25) is 4.79 Å². The molecule has 148 valence electrons. The Hall–Kier alpha value is -3.27. The smallest absolute Gasteiger partial charge is 0.291 e. The molecule has 1 aromatic heterocycles. The molecule has 1 heterocycles. The number of carbonyl (C=O) groups excluding carboxylic acids is 1. The number of anilines is 1. The van der Waals surface area contributed by atoms with Gasteiger partial charge in [0.05, 0.1) is 5.02 Å². The van der Waals surface area contributed by atoms with E-state index in [0.29, 0.717) is 27.1 Å². The third kappa shape index (κ3) is 4.82. The van der Waals surface area contributed by atoms with Crippen molar-refractivity contribution in [2.75, 3.05) is 5.32 Å². The number of rotatable bonds is 5. The molecule has 3 aromatic carbocycles. The Labute approximate surface area is 184 Å². The zero-order valence-corrected chi connectivity index (χ0v) is 17.3. The predicted molar refractivity (Wildman–Crippen MR) is 124 cm³/mol. The van der Waals surface area contributed by atoms with Crippen molar-refractivity contribution in [3.63, 3.8) is 0 Å². The number of hydrogen-bond donors (Lipinski definition) is 1. The highest BCUT2D eigenvalue weighted by atomic mass is 35.5. The molecule has 5 heteroatoms. The summed E-state index contributed by atoms with van der Waals surface area (Å²) in [5.41, 5.74) is 3.52. The maximum atomic E-state index is 12.5. The topological polar surface area (TPSA) is 42.2 Å². The largest absolute Gasteiger partial charge is 0.451 e. The van der Waals surface area contributed by atoms with Gasteiger partial charge < -0.3 is 9.73 Å². The summed E-state index contributed by atoms with van der Waals surface area (Å²) >= 11 is 12.1. The molecule has 1 N–H and O–H groups in total. The summed E-state index contributed by atoms with van der Waals surface area (Å²) in [7, 11) is 0. The number of benzene rings is 3. The zero-order chi connectivity index (χ0) is 20.9. The van der Waals surface area contributed by atoms with Gasteiger partial charge in [0.15, 0.2) is 5.76 Å². The Morgan fingerprint density at radius 2 is 1.50 bits per heavy atom. The molecule has 0 atom stereocenters. The highest BCUT2D eigenvalue weighted by molar-refractivity contribution is 6.36. The highest BCUT2D eigenvalue weighted by Crippen LogP contribution is 2.31. The Balaban J connectivity index is 1.43. The molecule has 4 aromatic rings. The van der Waals surface area contributed by atoms with Crippen LogP contribution in [0.2, 0.25) is 10.0 Å². The van der Waals surface area contributed by atoms with Crippen LogP contribution in [0.5, 0.6) is 0 Å². The molecule has 0 spiro atoms. The summed E-state index contributed by atoms with van der Waals surface area (Å²) in [6, 6.07) is 26.1. The number of nitrogens with one attached hydrogen (secondary N) is 1. The first-order chi connectivity index (χ1) is 14.6. The minimum atomic E-state index is -0.334. The Morgan fingerprint density at radius 1 is 0.800 bits per heavy atom. The van der Waals surface area contributed by atoms with Gasteiger partial charge in [0.2, 0.25) is 0 Å². The van der Waals surface area contributed by atoms with Crippen LogP contribution in [0.3, 0.4) is 0 Å². The quantitative estimate of drug-likeness (QED) is 0.328. The normalized spacial score (nSPS) is 11.0. The summed E-state index contributed by atoms with van der Waals surface area (Å²) < 4.78 is 5.68. The molecule has 1 amide bonds. The van der Waals surface area contributed by atoms with E-state index < -0.39 is 0 Å². The average molecular weight is 434 g/mol. The monoisotopic (exact) mass is 433 g/mol. The van der Waals surface area contributed by atoms with Gasteiger partial charge in [-0.2, -0.15) is 0 Å². The molecule has 0 aliphatic rings. The summed E-state index contributed by atoms with van der Waals surface area (Å²) in [5, 5.41) is 3.84. The molecular weight excluding hydrogens is 417 g/mol. The van der Waals surface area contributed by atoms with E-state index >= 15 is 0 Å². The fraction of sp³-hybridized carbons (Fsp3) is 0. The van der Waals surface area contributed by atoms with Crippen molar-refractivity contribution < 1.29 is 9.21 Å². The highest BCUT2D eigenvalue weighted by Gasteiger charge is 2.14. The van der Waals surface area contributed by atoms with Gasteiger partial charge in [-0.25, -0.2) is 0 Å². The number of furan rings is 1.